The van der Waals surface area contributed by atoms with E-state index in [1.807, 2.05) is 0 Å². The maximum Gasteiger partial charge on any atom is 0.248 e. The van der Waals surface area contributed by atoms with E-state index in [1.54, 1.807) is 18.3 Å². The number of pyridine rings is 1. The number of carbonyl (C=O) groups is 1. The fraction of sp³-hybridized carbons (Fsp3) is 0.455. The topological polar surface area (TPSA) is 68.5 Å². The zero-order chi connectivity index (χ0) is 11.4. The second-order valence-corrected chi connectivity index (χ2v) is 3.79. The van der Waals surface area contributed by atoms with Crippen LogP contribution in [0.4, 0.5) is 0 Å². The largest absolute Gasteiger partial charge is 0.379 e. The van der Waals surface area contributed by atoms with E-state index in [9.17, 15) is 4.79 Å². The molecule has 1 aromatic rings. The molecule has 1 aromatic heterocycles. The molecule has 0 saturated carbocycles. The molecule has 1 saturated heterocycles. The molecule has 1 amide bonds. The molecule has 2 heterocycles. The number of rotatable bonds is 3. The molecule has 5 nitrogen and oxygen atoms in total. The summed E-state index contributed by atoms with van der Waals surface area (Å²) in [5.41, 5.74) is 6.60. The van der Waals surface area contributed by atoms with Crippen LogP contribution in [0, 0.1) is 0 Å². The Morgan fingerprint density at radius 1 is 1.50 bits per heavy atom. The highest BCUT2D eigenvalue weighted by Gasteiger charge is 2.12. The molecule has 16 heavy (non-hydrogen) atoms. The van der Waals surface area contributed by atoms with Crippen LogP contribution < -0.4 is 5.73 Å². The third kappa shape index (κ3) is 2.77. The Balaban J connectivity index is 2.02. The van der Waals surface area contributed by atoms with Gasteiger partial charge in [0.15, 0.2) is 0 Å². The van der Waals surface area contributed by atoms with Gasteiger partial charge < -0.3 is 10.5 Å². The number of nitrogens with zero attached hydrogens (tertiary/aromatic N) is 2. The smallest absolute Gasteiger partial charge is 0.248 e. The Hall–Kier alpha value is -1.46. The number of primary amides is 1. The number of hydrogen-bond acceptors (Lipinski definition) is 4. The maximum absolute atomic E-state index is 11.0. The molecule has 0 aromatic carbocycles. The fourth-order valence-electron chi connectivity index (χ4n) is 1.71. The molecule has 5 heteroatoms. The third-order valence-electron chi connectivity index (χ3n) is 2.59. The van der Waals surface area contributed by atoms with Gasteiger partial charge in [-0.3, -0.25) is 14.7 Å². The van der Waals surface area contributed by atoms with Crippen molar-refractivity contribution in [3.05, 3.63) is 29.6 Å². The van der Waals surface area contributed by atoms with Gasteiger partial charge in [0.25, 0.3) is 0 Å². The molecule has 0 bridgehead atoms. The average Bonchev–Trinajstić information content (AvgIpc) is 2.30. The van der Waals surface area contributed by atoms with E-state index in [-0.39, 0.29) is 0 Å². The summed E-state index contributed by atoms with van der Waals surface area (Å²) in [7, 11) is 0. The van der Waals surface area contributed by atoms with Crippen molar-refractivity contribution in [1.29, 1.82) is 0 Å². The first-order chi connectivity index (χ1) is 7.75. The number of ether oxygens (including phenoxy) is 1. The highest BCUT2D eigenvalue weighted by atomic mass is 16.5. The van der Waals surface area contributed by atoms with Crippen LogP contribution in [0.3, 0.4) is 0 Å². The van der Waals surface area contributed by atoms with Gasteiger partial charge in [-0.1, -0.05) is 0 Å². The lowest BCUT2D eigenvalue weighted by atomic mass is 10.2. The number of aromatic nitrogens is 1. The van der Waals surface area contributed by atoms with Crippen molar-refractivity contribution < 1.29 is 9.53 Å². The Morgan fingerprint density at radius 3 is 2.94 bits per heavy atom. The number of morpholine rings is 1. The fourth-order valence-corrected chi connectivity index (χ4v) is 1.71. The summed E-state index contributed by atoms with van der Waals surface area (Å²) in [5.74, 6) is -0.411. The van der Waals surface area contributed by atoms with Crippen molar-refractivity contribution in [3.63, 3.8) is 0 Å². The first kappa shape index (κ1) is 11.0. The van der Waals surface area contributed by atoms with Crippen molar-refractivity contribution in [2.45, 2.75) is 6.54 Å². The van der Waals surface area contributed by atoms with Gasteiger partial charge in [-0.15, -0.1) is 0 Å². The van der Waals surface area contributed by atoms with Crippen LogP contribution in [0.5, 0.6) is 0 Å². The van der Waals surface area contributed by atoms with E-state index in [1.165, 1.54) is 0 Å². The van der Waals surface area contributed by atoms with Gasteiger partial charge in [-0.25, -0.2) is 0 Å². The monoisotopic (exact) mass is 221 g/mol. The van der Waals surface area contributed by atoms with Gasteiger partial charge in [0, 0.05) is 31.4 Å². The Labute approximate surface area is 94.2 Å². The first-order valence-electron chi connectivity index (χ1n) is 5.30. The van der Waals surface area contributed by atoms with Crippen molar-refractivity contribution >= 4 is 5.91 Å². The second kappa shape index (κ2) is 5.05. The van der Waals surface area contributed by atoms with Gasteiger partial charge in [0.05, 0.1) is 18.9 Å². The molecular weight excluding hydrogens is 206 g/mol. The SMILES string of the molecule is NC(=O)c1ccnc(CN2CCOCC2)c1. The van der Waals surface area contributed by atoms with Crippen LogP contribution in [0.2, 0.25) is 0 Å². The molecule has 2 N–H and O–H groups in total. The highest BCUT2D eigenvalue weighted by molar-refractivity contribution is 5.92. The predicted molar refractivity (Wildman–Crippen MR) is 58.9 cm³/mol. The number of carbonyl (C=O) groups excluding carboxylic acids is 1. The van der Waals surface area contributed by atoms with Gasteiger partial charge in [0.2, 0.25) is 5.91 Å². The Bertz CT molecular complexity index is 375. The molecule has 0 aliphatic carbocycles. The summed E-state index contributed by atoms with van der Waals surface area (Å²) in [6, 6.07) is 3.38. The molecule has 0 unspecified atom stereocenters. The number of hydrogen-bond donors (Lipinski definition) is 1. The lowest BCUT2D eigenvalue weighted by Gasteiger charge is -2.26. The molecule has 0 atom stereocenters. The van der Waals surface area contributed by atoms with Crippen LogP contribution in [-0.4, -0.2) is 42.1 Å². The van der Waals surface area contributed by atoms with Gasteiger partial charge in [0.1, 0.15) is 0 Å². The summed E-state index contributed by atoms with van der Waals surface area (Å²) in [6.07, 6.45) is 1.62. The second-order valence-electron chi connectivity index (χ2n) is 3.79. The standard InChI is InChI=1S/C11H15N3O2/c12-11(15)9-1-2-13-10(7-9)8-14-3-5-16-6-4-14/h1-2,7H,3-6,8H2,(H2,12,15). The molecular formula is C11H15N3O2. The summed E-state index contributed by atoms with van der Waals surface area (Å²) < 4.78 is 5.26. The average molecular weight is 221 g/mol. The minimum atomic E-state index is -0.411. The third-order valence-corrected chi connectivity index (χ3v) is 2.59. The van der Waals surface area contributed by atoms with Crippen molar-refractivity contribution in [1.82, 2.24) is 9.88 Å². The molecule has 1 aliphatic heterocycles. The minimum Gasteiger partial charge on any atom is -0.379 e. The molecule has 1 fully saturated rings. The quantitative estimate of drug-likeness (QED) is 0.780. The number of amides is 1. The van der Waals surface area contributed by atoms with Crippen LogP contribution in [0.15, 0.2) is 18.3 Å². The van der Waals surface area contributed by atoms with E-state index in [0.717, 1.165) is 38.5 Å². The minimum absolute atomic E-state index is 0.411. The normalized spacial score (nSPS) is 17.2. The van der Waals surface area contributed by atoms with Crippen molar-refractivity contribution in [2.75, 3.05) is 26.3 Å². The molecule has 0 radical (unpaired) electrons. The van der Waals surface area contributed by atoms with Crippen LogP contribution in [0.25, 0.3) is 0 Å². The highest BCUT2D eigenvalue weighted by Crippen LogP contribution is 2.06. The van der Waals surface area contributed by atoms with Crippen LogP contribution in [0.1, 0.15) is 16.1 Å². The zero-order valence-corrected chi connectivity index (χ0v) is 9.06. The number of nitrogens with two attached hydrogens (primary N) is 1. The molecule has 86 valence electrons. The summed E-state index contributed by atoms with van der Waals surface area (Å²) in [5, 5.41) is 0. The van der Waals surface area contributed by atoms with Crippen molar-refractivity contribution in [3.8, 4) is 0 Å². The van der Waals surface area contributed by atoms with Gasteiger partial charge >= 0.3 is 0 Å². The van der Waals surface area contributed by atoms with E-state index in [4.69, 9.17) is 10.5 Å². The molecule has 2 rings (SSSR count). The first-order valence-corrected chi connectivity index (χ1v) is 5.30. The van der Waals surface area contributed by atoms with Crippen molar-refractivity contribution in [2.24, 2.45) is 5.73 Å². The Morgan fingerprint density at radius 2 is 2.25 bits per heavy atom. The zero-order valence-electron chi connectivity index (χ0n) is 9.06. The summed E-state index contributed by atoms with van der Waals surface area (Å²) >= 11 is 0. The van der Waals surface area contributed by atoms with Gasteiger partial charge in [-0.2, -0.15) is 0 Å². The van der Waals surface area contributed by atoms with E-state index < -0.39 is 5.91 Å². The molecule has 1 aliphatic rings. The van der Waals surface area contributed by atoms with E-state index >= 15 is 0 Å². The maximum atomic E-state index is 11.0. The van der Waals surface area contributed by atoms with Crippen LogP contribution >= 0.6 is 0 Å². The van der Waals surface area contributed by atoms with Gasteiger partial charge in [-0.05, 0) is 12.1 Å². The Kier molecular flexibility index (Phi) is 3.48. The lowest BCUT2D eigenvalue weighted by Crippen LogP contribution is -2.35. The summed E-state index contributed by atoms with van der Waals surface area (Å²) in [4.78, 5) is 17.5. The summed E-state index contributed by atoms with van der Waals surface area (Å²) in [6.45, 7) is 4.07. The molecule has 0 spiro atoms. The predicted octanol–water partition coefficient (Wildman–Crippen LogP) is 0.0127. The van der Waals surface area contributed by atoms with Crippen LogP contribution in [-0.2, 0) is 11.3 Å². The van der Waals surface area contributed by atoms with E-state index in [2.05, 4.69) is 9.88 Å². The van der Waals surface area contributed by atoms with E-state index in [0.29, 0.717) is 5.56 Å². The lowest BCUT2D eigenvalue weighted by molar-refractivity contribution is 0.0336.